The molecule has 2 aliphatic carbocycles. The van der Waals surface area contributed by atoms with Crippen molar-refractivity contribution in [3.05, 3.63) is 0 Å². The van der Waals surface area contributed by atoms with E-state index in [1.54, 1.807) is 6.42 Å². The molecular formula is C15H28N2. The fraction of sp³-hybridized carbons (Fsp3) is 1.00. The molecule has 1 heterocycles. The standard InChI is InChI=1S/C15H28N2/c1-11-10-17(2)6-5-15(11)16-9-14-8-12-3-4-13(14)7-12/h11-16H,3-10H2,1-2H3. The Morgan fingerprint density at radius 2 is 2.06 bits per heavy atom. The van der Waals surface area contributed by atoms with Gasteiger partial charge in [0.1, 0.15) is 0 Å². The molecule has 2 heteroatoms. The van der Waals surface area contributed by atoms with Crippen LogP contribution >= 0.6 is 0 Å². The van der Waals surface area contributed by atoms with E-state index in [9.17, 15) is 0 Å². The van der Waals surface area contributed by atoms with Gasteiger partial charge in [0.15, 0.2) is 0 Å². The highest BCUT2D eigenvalue weighted by Gasteiger charge is 2.39. The molecule has 3 fully saturated rings. The molecule has 1 saturated heterocycles. The number of nitrogens with zero attached hydrogens (tertiary/aromatic N) is 1. The van der Waals surface area contributed by atoms with Crippen LogP contribution in [0.25, 0.3) is 0 Å². The first-order valence-corrected chi connectivity index (χ1v) is 7.64. The minimum Gasteiger partial charge on any atom is -0.313 e. The van der Waals surface area contributed by atoms with E-state index in [1.165, 1.54) is 45.3 Å². The summed E-state index contributed by atoms with van der Waals surface area (Å²) in [7, 11) is 2.25. The third-order valence-corrected chi connectivity index (χ3v) is 5.64. The van der Waals surface area contributed by atoms with Gasteiger partial charge in [0.2, 0.25) is 0 Å². The Labute approximate surface area is 106 Å². The van der Waals surface area contributed by atoms with Gasteiger partial charge in [-0.05, 0) is 69.5 Å². The van der Waals surface area contributed by atoms with E-state index in [0.29, 0.717) is 0 Å². The van der Waals surface area contributed by atoms with Crippen LogP contribution in [-0.4, -0.2) is 37.6 Å². The average molecular weight is 236 g/mol. The van der Waals surface area contributed by atoms with Crippen LogP contribution in [0.2, 0.25) is 0 Å². The number of piperidine rings is 1. The van der Waals surface area contributed by atoms with Crippen LogP contribution in [0.3, 0.4) is 0 Å². The zero-order valence-electron chi connectivity index (χ0n) is 11.5. The lowest BCUT2D eigenvalue weighted by Crippen LogP contribution is -2.48. The molecule has 98 valence electrons. The smallest absolute Gasteiger partial charge is 0.0117 e. The van der Waals surface area contributed by atoms with Crippen molar-refractivity contribution in [3.63, 3.8) is 0 Å². The van der Waals surface area contributed by atoms with Gasteiger partial charge in [-0.3, -0.25) is 0 Å². The largest absolute Gasteiger partial charge is 0.313 e. The minimum atomic E-state index is 0.783. The Morgan fingerprint density at radius 1 is 1.18 bits per heavy atom. The Kier molecular flexibility index (Phi) is 3.45. The van der Waals surface area contributed by atoms with E-state index in [0.717, 1.165) is 29.7 Å². The normalized spacial score (nSPS) is 46.6. The van der Waals surface area contributed by atoms with E-state index in [4.69, 9.17) is 0 Å². The van der Waals surface area contributed by atoms with Crippen LogP contribution in [0.15, 0.2) is 0 Å². The SMILES string of the molecule is CC1CN(C)CCC1NCC1CC2CCC1C2. The molecule has 0 aromatic rings. The van der Waals surface area contributed by atoms with Gasteiger partial charge in [0.25, 0.3) is 0 Å². The summed E-state index contributed by atoms with van der Waals surface area (Å²) in [5.74, 6) is 4.02. The van der Waals surface area contributed by atoms with Gasteiger partial charge in [0, 0.05) is 12.6 Å². The van der Waals surface area contributed by atoms with Gasteiger partial charge >= 0.3 is 0 Å². The van der Waals surface area contributed by atoms with E-state index in [-0.39, 0.29) is 0 Å². The Bertz CT molecular complexity index is 266. The first kappa shape index (κ1) is 12.0. The number of hydrogen-bond donors (Lipinski definition) is 1. The van der Waals surface area contributed by atoms with Gasteiger partial charge in [-0.15, -0.1) is 0 Å². The van der Waals surface area contributed by atoms with E-state index < -0.39 is 0 Å². The number of rotatable bonds is 3. The third-order valence-electron chi connectivity index (χ3n) is 5.64. The summed E-state index contributed by atoms with van der Waals surface area (Å²) in [4.78, 5) is 2.47. The molecule has 0 aromatic carbocycles. The molecule has 0 aromatic heterocycles. The lowest BCUT2D eigenvalue weighted by molar-refractivity contribution is 0.166. The first-order chi connectivity index (χ1) is 8.22. The van der Waals surface area contributed by atoms with Gasteiger partial charge < -0.3 is 10.2 Å². The maximum absolute atomic E-state index is 3.89. The first-order valence-electron chi connectivity index (χ1n) is 7.64. The van der Waals surface area contributed by atoms with Crippen molar-refractivity contribution in [1.82, 2.24) is 10.2 Å². The summed E-state index contributed by atoms with van der Waals surface area (Å²) in [6, 6.07) is 0.783. The highest BCUT2D eigenvalue weighted by atomic mass is 15.1. The predicted molar refractivity (Wildman–Crippen MR) is 72.0 cm³/mol. The lowest BCUT2D eigenvalue weighted by atomic mass is 9.87. The van der Waals surface area contributed by atoms with E-state index in [2.05, 4.69) is 24.2 Å². The summed E-state index contributed by atoms with van der Waals surface area (Å²) < 4.78 is 0. The van der Waals surface area contributed by atoms with Crippen molar-refractivity contribution >= 4 is 0 Å². The highest BCUT2D eigenvalue weighted by molar-refractivity contribution is 4.92. The molecule has 0 spiro atoms. The van der Waals surface area contributed by atoms with Crippen LogP contribution in [0.4, 0.5) is 0 Å². The number of fused-ring (bicyclic) bond motifs is 2. The number of nitrogens with one attached hydrogen (secondary N) is 1. The van der Waals surface area contributed by atoms with Crippen LogP contribution in [0.5, 0.6) is 0 Å². The molecule has 3 aliphatic rings. The zero-order chi connectivity index (χ0) is 11.8. The third kappa shape index (κ3) is 2.53. The number of likely N-dealkylation sites (tertiary alicyclic amines) is 1. The summed E-state index contributed by atoms with van der Waals surface area (Å²) in [5, 5.41) is 3.89. The average Bonchev–Trinajstić information content (AvgIpc) is 2.89. The maximum Gasteiger partial charge on any atom is 0.0117 e. The molecule has 2 bridgehead atoms. The second-order valence-corrected chi connectivity index (χ2v) is 6.98. The van der Waals surface area contributed by atoms with Gasteiger partial charge in [-0.25, -0.2) is 0 Å². The molecule has 17 heavy (non-hydrogen) atoms. The lowest BCUT2D eigenvalue weighted by Gasteiger charge is -2.36. The van der Waals surface area contributed by atoms with E-state index in [1.807, 2.05) is 0 Å². The highest BCUT2D eigenvalue weighted by Crippen LogP contribution is 2.48. The van der Waals surface area contributed by atoms with Crippen LogP contribution in [0.1, 0.15) is 39.0 Å². The molecular weight excluding hydrogens is 208 g/mol. The number of hydrogen-bond acceptors (Lipinski definition) is 2. The minimum absolute atomic E-state index is 0.783. The van der Waals surface area contributed by atoms with Crippen molar-refractivity contribution in [2.24, 2.45) is 23.7 Å². The summed E-state index contributed by atoms with van der Waals surface area (Å²) in [6.07, 6.45) is 7.48. The van der Waals surface area contributed by atoms with Crippen LogP contribution in [-0.2, 0) is 0 Å². The topological polar surface area (TPSA) is 15.3 Å². The predicted octanol–water partition coefficient (Wildman–Crippen LogP) is 2.35. The van der Waals surface area contributed by atoms with E-state index >= 15 is 0 Å². The van der Waals surface area contributed by atoms with Gasteiger partial charge in [-0.2, -0.15) is 0 Å². The Morgan fingerprint density at radius 3 is 2.71 bits per heavy atom. The monoisotopic (exact) mass is 236 g/mol. The fourth-order valence-electron chi connectivity index (χ4n) is 4.59. The van der Waals surface area contributed by atoms with Gasteiger partial charge in [-0.1, -0.05) is 13.3 Å². The maximum atomic E-state index is 3.89. The van der Waals surface area contributed by atoms with Crippen LogP contribution in [0, 0.1) is 23.7 Å². The molecule has 5 unspecified atom stereocenters. The molecule has 5 atom stereocenters. The second kappa shape index (κ2) is 4.89. The zero-order valence-corrected chi connectivity index (χ0v) is 11.5. The van der Waals surface area contributed by atoms with Crippen molar-refractivity contribution in [3.8, 4) is 0 Å². The summed E-state index contributed by atoms with van der Waals surface area (Å²) >= 11 is 0. The quantitative estimate of drug-likeness (QED) is 0.809. The molecule has 0 amide bonds. The summed E-state index contributed by atoms with van der Waals surface area (Å²) in [5.41, 5.74) is 0. The Balaban J connectivity index is 1.45. The Hall–Kier alpha value is -0.0800. The van der Waals surface area contributed by atoms with Crippen molar-refractivity contribution < 1.29 is 0 Å². The second-order valence-electron chi connectivity index (χ2n) is 6.98. The fourth-order valence-corrected chi connectivity index (χ4v) is 4.59. The van der Waals surface area contributed by atoms with Crippen LogP contribution < -0.4 is 5.32 Å². The molecule has 0 radical (unpaired) electrons. The molecule has 1 N–H and O–H groups in total. The molecule has 2 nitrogen and oxygen atoms in total. The van der Waals surface area contributed by atoms with Crippen molar-refractivity contribution in [2.75, 3.05) is 26.7 Å². The molecule has 2 saturated carbocycles. The van der Waals surface area contributed by atoms with Crippen molar-refractivity contribution in [2.45, 2.75) is 45.1 Å². The summed E-state index contributed by atoms with van der Waals surface area (Å²) in [6.45, 7) is 6.27. The molecule has 3 rings (SSSR count). The molecule has 1 aliphatic heterocycles. The van der Waals surface area contributed by atoms with Crippen molar-refractivity contribution in [1.29, 1.82) is 0 Å². The van der Waals surface area contributed by atoms with Gasteiger partial charge in [0.05, 0.1) is 0 Å².